The Kier molecular flexibility index (Phi) is 5.09. The maximum absolute atomic E-state index is 13.2. The molecule has 3 N–H and O–H groups in total. The van der Waals surface area contributed by atoms with Gasteiger partial charge in [0.2, 0.25) is 5.91 Å². The van der Waals surface area contributed by atoms with Crippen LogP contribution < -0.4 is 10.2 Å². The highest BCUT2D eigenvalue weighted by Gasteiger charge is 2.64. The average Bonchev–Trinajstić information content (AvgIpc) is 3.10. The molecule has 3 aliphatic heterocycles. The Morgan fingerprint density at radius 1 is 1.31 bits per heavy atom. The smallest absolute Gasteiger partial charge is 0.261 e. The number of rotatable bonds is 4. The second-order valence-corrected chi connectivity index (χ2v) is 13.0. The van der Waals surface area contributed by atoms with E-state index in [9.17, 15) is 19.5 Å². The van der Waals surface area contributed by atoms with Gasteiger partial charge in [0, 0.05) is 48.0 Å². The van der Waals surface area contributed by atoms with Gasteiger partial charge in [0.05, 0.1) is 6.10 Å². The first-order chi connectivity index (χ1) is 13.7. The molecule has 0 aromatic heterocycles. The van der Waals surface area contributed by atoms with Crippen LogP contribution in [0.3, 0.4) is 0 Å². The highest BCUT2D eigenvalue weighted by atomic mass is 28.4. The lowest BCUT2D eigenvalue weighted by Crippen LogP contribution is -2.43. The summed E-state index contributed by atoms with van der Waals surface area (Å²) >= 11 is 0. The van der Waals surface area contributed by atoms with Crippen molar-refractivity contribution in [2.24, 2.45) is 5.92 Å². The minimum atomic E-state index is -2.67. The first kappa shape index (κ1) is 20.5. The lowest BCUT2D eigenvalue weighted by atomic mass is 9.82. The van der Waals surface area contributed by atoms with Gasteiger partial charge in [-0.05, 0) is 50.6 Å². The fourth-order valence-electron chi connectivity index (χ4n) is 5.53. The van der Waals surface area contributed by atoms with Gasteiger partial charge in [-0.2, -0.15) is 0 Å². The van der Waals surface area contributed by atoms with E-state index in [-0.39, 0.29) is 29.9 Å². The third-order valence-electron chi connectivity index (χ3n) is 6.77. The van der Waals surface area contributed by atoms with Crippen LogP contribution in [-0.4, -0.2) is 49.3 Å². The molecule has 0 unspecified atom stereocenters. The zero-order valence-electron chi connectivity index (χ0n) is 17.3. The average molecular weight is 419 g/mol. The summed E-state index contributed by atoms with van der Waals surface area (Å²) in [4.78, 5) is 38.3. The van der Waals surface area contributed by atoms with Crippen molar-refractivity contribution in [2.75, 3.05) is 23.4 Å². The molecular formula is C21H30N2O5Si. The van der Waals surface area contributed by atoms with Crippen LogP contribution in [0.1, 0.15) is 38.2 Å². The Labute approximate surface area is 172 Å². The fourth-order valence-corrected chi connectivity index (χ4v) is 8.13. The summed E-state index contributed by atoms with van der Waals surface area (Å²) in [6, 6.07) is 5.61. The summed E-state index contributed by atoms with van der Waals surface area (Å²) in [5, 5.41) is 12.5. The number of aliphatic hydroxyl groups excluding tert-OH is 1. The summed E-state index contributed by atoms with van der Waals surface area (Å²) in [6.45, 7) is 6.29. The largest absolute Gasteiger partial charge is 0.432 e. The molecule has 3 heterocycles. The molecule has 7 nitrogen and oxygen atoms in total. The van der Waals surface area contributed by atoms with E-state index in [1.165, 1.54) is 0 Å². The number of nitrogens with one attached hydrogen (secondary N) is 1. The van der Waals surface area contributed by atoms with Gasteiger partial charge < -0.3 is 24.9 Å². The Hall–Kier alpha value is -1.74. The van der Waals surface area contributed by atoms with Crippen molar-refractivity contribution in [3.05, 3.63) is 23.8 Å². The molecule has 1 aromatic rings. The number of amides is 2. The van der Waals surface area contributed by atoms with Crippen molar-refractivity contribution < 1.29 is 24.2 Å². The molecule has 8 heteroatoms. The molecule has 1 spiro atoms. The normalized spacial score (nSPS) is 32.0. The SMILES string of the molecule is C[C@H]1[C@H]([Si](C)(C)O)[C@@H](CCO)O[C@]12C(=O)Nc1ccc(N3CCCCC3=O)cc12. The van der Waals surface area contributed by atoms with Gasteiger partial charge in [0.25, 0.3) is 5.91 Å². The van der Waals surface area contributed by atoms with E-state index in [1.54, 1.807) is 4.90 Å². The van der Waals surface area contributed by atoms with E-state index in [4.69, 9.17) is 4.74 Å². The molecular weight excluding hydrogens is 388 g/mol. The molecule has 0 aliphatic carbocycles. The molecule has 2 amide bonds. The minimum Gasteiger partial charge on any atom is -0.432 e. The Bertz CT molecular complexity index is 839. The molecule has 158 valence electrons. The standard InChI is InChI=1S/C21H30N2O5Si/c1-13-19(29(2,3)27)17(9-11-24)28-21(13)15-12-14(7-8-16(15)22-20(21)26)23-10-5-4-6-18(23)25/h7-8,12-13,17,19,24,27H,4-6,9-11H2,1-3H3,(H,22,26)/t13-,17+,19-,21+/m0/s1. The van der Waals surface area contributed by atoms with E-state index in [0.717, 1.165) is 24.1 Å². The first-order valence-corrected chi connectivity index (χ1v) is 13.5. The van der Waals surface area contributed by atoms with Crippen molar-refractivity contribution in [3.63, 3.8) is 0 Å². The van der Waals surface area contributed by atoms with Gasteiger partial charge in [0.15, 0.2) is 13.9 Å². The molecule has 3 aliphatic rings. The molecule has 2 fully saturated rings. The van der Waals surface area contributed by atoms with Crippen LogP contribution >= 0.6 is 0 Å². The fraction of sp³-hybridized carbons (Fsp3) is 0.619. The number of hydrogen-bond acceptors (Lipinski definition) is 5. The van der Waals surface area contributed by atoms with Crippen molar-refractivity contribution in [1.29, 1.82) is 0 Å². The Morgan fingerprint density at radius 3 is 2.72 bits per heavy atom. The third kappa shape index (κ3) is 3.13. The Balaban J connectivity index is 1.79. The van der Waals surface area contributed by atoms with Crippen molar-refractivity contribution >= 4 is 31.5 Å². The second kappa shape index (κ2) is 7.19. The summed E-state index contributed by atoms with van der Waals surface area (Å²) in [5.74, 6) is -0.382. The zero-order chi connectivity index (χ0) is 21.0. The quantitative estimate of drug-likeness (QED) is 0.652. The molecule has 4 atom stereocenters. The van der Waals surface area contributed by atoms with Crippen LogP contribution in [0, 0.1) is 5.92 Å². The van der Waals surface area contributed by atoms with Gasteiger partial charge >= 0.3 is 0 Å². The van der Waals surface area contributed by atoms with Gasteiger partial charge in [0.1, 0.15) is 0 Å². The van der Waals surface area contributed by atoms with E-state index >= 15 is 0 Å². The van der Waals surface area contributed by atoms with E-state index < -0.39 is 20.0 Å². The van der Waals surface area contributed by atoms with Crippen molar-refractivity contribution in [1.82, 2.24) is 0 Å². The molecule has 0 saturated carbocycles. The van der Waals surface area contributed by atoms with Crippen molar-refractivity contribution in [3.8, 4) is 0 Å². The predicted octanol–water partition coefficient (Wildman–Crippen LogP) is 2.34. The van der Waals surface area contributed by atoms with Crippen LogP contribution in [0.4, 0.5) is 11.4 Å². The van der Waals surface area contributed by atoms with Crippen LogP contribution in [-0.2, 0) is 19.9 Å². The van der Waals surface area contributed by atoms with Gasteiger partial charge in [-0.1, -0.05) is 6.92 Å². The monoisotopic (exact) mass is 418 g/mol. The number of hydrogen-bond donors (Lipinski definition) is 3. The second-order valence-electron chi connectivity index (χ2n) is 9.06. The first-order valence-electron chi connectivity index (χ1n) is 10.5. The maximum Gasteiger partial charge on any atom is 0.261 e. The number of anilines is 2. The van der Waals surface area contributed by atoms with Crippen LogP contribution in [0.2, 0.25) is 18.6 Å². The minimum absolute atomic E-state index is 0.0642. The van der Waals surface area contributed by atoms with Crippen LogP contribution in [0.25, 0.3) is 0 Å². The Morgan fingerprint density at radius 2 is 2.07 bits per heavy atom. The number of carbonyl (C=O) groups is 2. The number of ether oxygens (including phenoxy) is 1. The molecule has 4 rings (SSSR count). The van der Waals surface area contributed by atoms with Gasteiger partial charge in [-0.15, -0.1) is 0 Å². The molecule has 2 saturated heterocycles. The predicted molar refractivity (Wildman–Crippen MR) is 112 cm³/mol. The van der Waals surface area contributed by atoms with Gasteiger partial charge in [-0.25, -0.2) is 0 Å². The molecule has 1 aromatic carbocycles. The number of benzene rings is 1. The highest BCUT2D eigenvalue weighted by Crippen LogP contribution is 2.58. The van der Waals surface area contributed by atoms with E-state index in [2.05, 4.69) is 5.32 Å². The van der Waals surface area contributed by atoms with Crippen molar-refractivity contribution in [2.45, 2.75) is 62.9 Å². The van der Waals surface area contributed by atoms with E-state index in [1.807, 2.05) is 38.2 Å². The molecule has 0 radical (unpaired) electrons. The summed E-state index contributed by atoms with van der Waals surface area (Å²) in [7, 11) is -2.67. The molecule has 0 bridgehead atoms. The number of aliphatic hydroxyl groups is 1. The number of carbonyl (C=O) groups excluding carboxylic acids is 2. The van der Waals surface area contributed by atoms with Crippen LogP contribution in [0.5, 0.6) is 0 Å². The number of fused-ring (bicyclic) bond motifs is 2. The highest BCUT2D eigenvalue weighted by molar-refractivity contribution is 6.71. The summed E-state index contributed by atoms with van der Waals surface area (Å²) in [6.07, 6.45) is 2.39. The topological polar surface area (TPSA) is 99.1 Å². The zero-order valence-corrected chi connectivity index (χ0v) is 18.3. The number of nitrogens with zero attached hydrogens (tertiary/aromatic N) is 1. The van der Waals surface area contributed by atoms with Crippen LogP contribution in [0.15, 0.2) is 18.2 Å². The number of piperidine rings is 1. The summed E-state index contributed by atoms with van der Waals surface area (Å²) < 4.78 is 6.41. The maximum atomic E-state index is 13.2. The third-order valence-corrected chi connectivity index (χ3v) is 9.27. The van der Waals surface area contributed by atoms with E-state index in [0.29, 0.717) is 25.1 Å². The lowest BCUT2D eigenvalue weighted by Gasteiger charge is -2.32. The molecule has 29 heavy (non-hydrogen) atoms. The van der Waals surface area contributed by atoms with Gasteiger partial charge in [-0.3, -0.25) is 9.59 Å². The lowest BCUT2D eigenvalue weighted by molar-refractivity contribution is -0.143. The summed E-state index contributed by atoms with van der Waals surface area (Å²) in [5.41, 5.74) is 0.807.